The van der Waals surface area contributed by atoms with Gasteiger partial charge in [-0.15, -0.1) is 0 Å². The molecule has 1 aliphatic carbocycles. The van der Waals surface area contributed by atoms with Crippen molar-refractivity contribution < 1.29 is 5.11 Å². The zero-order valence-corrected chi connectivity index (χ0v) is 14.6. The van der Waals surface area contributed by atoms with Crippen LogP contribution in [0.2, 0.25) is 5.02 Å². The lowest BCUT2D eigenvalue weighted by molar-refractivity contribution is 0.120. The number of nitrogens with one attached hydrogen (secondary N) is 2. The smallest absolute Gasteiger partial charge is 0.191 e. The zero-order chi connectivity index (χ0) is 16.5. The highest BCUT2D eigenvalue weighted by Gasteiger charge is 2.19. The Hall–Kier alpha value is -1.26. The second-order valence-corrected chi connectivity index (χ2v) is 6.51. The molecule has 0 saturated heterocycles. The van der Waals surface area contributed by atoms with Gasteiger partial charge in [-0.05, 0) is 57.1 Å². The van der Waals surface area contributed by atoms with Crippen LogP contribution >= 0.6 is 11.6 Å². The average Bonchev–Trinajstić information content (AvgIpc) is 2.55. The molecule has 0 spiro atoms. The summed E-state index contributed by atoms with van der Waals surface area (Å²) in [7, 11) is 0. The summed E-state index contributed by atoms with van der Waals surface area (Å²) in [5.74, 6) is 0.882. The molecule has 2 rings (SSSR count). The largest absolute Gasteiger partial charge is 0.393 e. The van der Waals surface area contributed by atoms with Gasteiger partial charge in [0, 0.05) is 24.2 Å². The van der Waals surface area contributed by atoms with Crippen LogP contribution in [0.3, 0.4) is 0 Å². The topological polar surface area (TPSA) is 56.7 Å². The molecule has 0 aromatic heterocycles. The van der Waals surface area contributed by atoms with E-state index in [-0.39, 0.29) is 6.10 Å². The molecule has 0 heterocycles. The quantitative estimate of drug-likeness (QED) is 0.424. The Morgan fingerprint density at radius 2 is 2.00 bits per heavy atom. The molecule has 5 heteroatoms. The van der Waals surface area contributed by atoms with Crippen LogP contribution in [0.1, 0.15) is 44.6 Å². The first kappa shape index (κ1) is 18.1. The van der Waals surface area contributed by atoms with Crippen LogP contribution in [0.5, 0.6) is 0 Å². The molecule has 4 nitrogen and oxygen atoms in total. The fourth-order valence-electron chi connectivity index (χ4n) is 2.90. The molecule has 1 fully saturated rings. The van der Waals surface area contributed by atoms with Crippen LogP contribution in [0.4, 0.5) is 0 Å². The first-order valence-electron chi connectivity index (χ1n) is 8.65. The zero-order valence-electron chi connectivity index (χ0n) is 13.9. The van der Waals surface area contributed by atoms with E-state index >= 15 is 0 Å². The van der Waals surface area contributed by atoms with Gasteiger partial charge >= 0.3 is 0 Å². The van der Waals surface area contributed by atoms with Gasteiger partial charge in [0.25, 0.3) is 0 Å². The van der Waals surface area contributed by atoms with E-state index in [1.165, 1.54) is 5.56 Å². The summed E-state index contributed by atoms with van der Waals surface area (Å²) >= 11 is 6.18. The van der Waals surface area contributed by atoms with E-state index in [0.29, 0.717) is 6.04 Å². The standard InChI is InChI=1S/C18H28ClN3O/c1-2-20-18(22-15-9-11-16(23)12-10-15)21-13-5-7-14-6-3-4-8-17(14)19/h3-4,6,8,15-16,23H,2,5,7,9-13H2,1H3,(H2,20,21,22). The van der Waals surface area contributed by atoms with Crippen LogP contribution in [0, 0.1) is 0 Å². The fourth-order valence-corrected chi connectivity index (χ4v) is 3.13. The van der Waals surface area contributed by atoms with E-state index in [0.717, 1.165) is 62.6 Å². The SMILES string of the molecule is CCNC(=NCCCc1ccccc1Cl)NC1CCC(O)CC1. The summed E-state index contributed by atoms with van der Waals surface area (Å²) in [6.07, 6.45) is 5.56. The van der Waals surface area contributed by atoms with Crippen molar-refractivity contribution in [2.75, 3.05) is 13.1 Å². The summed E-state index contributed by atoms with van der Waals surface area (Å²) in [5, 5.41) is 17.2. The summed E-state index contributed by atoms with van der Waals surface area (Å²) in [6.45, 7) is 3.70. The Morgan fingerprint density at radius 3 is 2.70 bits per heavy atom. The molecule has 0 atom stereocenters. The number of hydrogen-bond donors (Lipinski definition) is 3. The van der Waals surface area contributed by atoms with Crippen molar-refractivity contribution >= 4 is 17.6 Å². The molecule has 1 saturated carbocycles. The van der Waals surface area contributed by atoms with Crippen molar-refractivity contribution in [1.82, 2.24) is 10.6 Å². The summed E-state index contributed by atoms with van der Waals surface area (Å²) in [6, 6.07) is 8.40. The van der Waals surface area contributed by atoms with Gasteiger partial charge in [0.2, 0.25) is 0 Å². The van der Waals surface area contributed by atoms with Crippen molar-refractivity contribution in [3.05, 3.63) is 34.9 Å². The van der Waals surface area contributed by atoms with E-state index in [4.69, 9.17) is 11.6 Å². The lowest BCUT2D eigenvalue weighted by Crippen LogP contribution is -2.45. The minimum atomic E-state index is -0.122. The van der Waals surface area contributed by atoms with E-state index < -0.39 is 0 Å². The van der Waals surface area contributed by atoms with Crippen molar-refractivity contribution in [1.29, 1.82) is 0 Å². The summed E-state index contributed by atoms with van der Waals surface area (Å²) in [5.41, 5.74) is 1.18. The maximum atomic E-state index is 9.58. The number of benzene rings is 1. The highest BCUT2D eigenvalue weighted by Crippen LogP contribution is 2.18. The highest BCUT2D eigenvalue weighted by molar-refractivity contribution is 6.31. The molecule has 1 aliphatic rings. The van der Waals surface area contributed by atoms with Crippen LogP contribution in [0.25, 0.3) is 0 Å². The number of rotatable bonds is 6. The lowest BCUT2D eigenvalue weighted by Gasteiger charge is -2.27. The molecular weight excluding hydrogens is 310 g/mol. The first-order chi connectivity index (χ1) is 11.2. The monoisotopic (exact) mass is 337 g/mol. The molecule has 0 amide bonds. The second kappa shape index (κ2) is 9.78. The number of aryl methyl sites for hydroxylation is 1. The predicted octanol–water partition coefficient (Wildman–Crippen LogP) is 3.13. The molecular formula is C18H28ClN3O. The predicted molar refractivity (Wildman–Crippen MR) is 97.2 cm³/mol. The molecule has 1 aromatic rings. The second-order valence-electron chi connectivity index (χ2n) is 6.11. The van der Waals surface area contributed by atoms with Gasteiger partial charge in [0.05, 0.1) is 6.10 Å². The molecule has 1 aromatic carbocycles. The van der Waals surface area contributed by atoms with Gasteiger partial charge in [0.1, 0.15) is 0 Å². The average molecular weight is 338 g/mol. The number of halogens is 1. The molecule has 0 radical (unpaired) electrons. The number of aliphatic hydroxyl groups is 1. The van der Waals surface area contributed by atoms with Crippen LogP contribution in [0.15, 0.2) is 29.3 Å². The lowest BCUT2D eigenvalue weighted by atomic mass is 9.93. The van der Waals surface area contributed by atoms with Crippen molar-refractivity contribution in [3.8, 4) is 0 Å². The minimum Gasteiger partial charge on any atom is -0.393 e. The number of guanidine groups is 1. The van der Waals surface area contributed by atoms with Crippen molar-refractivity contribution in [2.24, 2.45) is 4.99 Å². The Morgan fingerprint density at radius 1 is 1.26 bits per heavy atom. The van der Waals surface area contributed by atoms with E-state index in [1.54, 1.807) is 0 Å². The number of nitrogens with zero attached hydrogens (tertiary/aromatic N) is 1. The van der Waals surface area contributed by atoms with Crippen molar-refractivity contribution in [2.45, 2.75) is 57.6 Å². The Bertz CT molecular complexity index is 499. The maximum absolute atomic E-state index is 9.58. The molecule has 3 N–H and O–H groups in total. The third-order valence-corrected chi connectivity index (χ3v) is 4.58. The van der Waals surface area contributed by atoms with Gasteiger partial charge in [0.15, 0.2) is 5.96 Å². The summed E-state index contributed by atoms with van der Waals surface area (Å²) in [4.78, 5) is 4.66. The number of hydrogen-bond acceptors (Lipinski definition) is 2. The van der Waals surface area contributed by atoms with Gasteiger partial charge in [-0.1, -0.05) is 29.8 Å². The van der Waals surface area contributed by atoms with E-state index in [2.05, 4.69) is 28.6 Å². The maximum Gasteiger partial charge on any atom is 0.191 e. The van der Waals surface area contributed by atoms with Gasteiger partial charge < -0.3 is 15.7 Å². The Balaban J connectivity index is 1.78. The third kappa shape index (κ3) is 6.40. The molecule has 0 aliphatic heterocycles. The number of aliphatic imine (C=N–C) groups is 1. The van der Waals surface area contributed by atoms with E-state index in [1.807, 2.05) is 18.2 Å². The van der Waals surface area contributed by atoms with E-state index in [9.17, 15) is 5.11 Å². The first-order valence-corrected chi connectivity index (χ1v) is 9.03. The molecule has 0 unspecified atom stereocenters. The van der Waals surface area contributed by atoms with Crippen LogP contribution in [-0.4, -0.2) is 36.3 Å². The van der Waals surface area contributed by atoms with Crippen LogP contribution in [-0.2, 0) is 6.42 Å². The highest BCUT2D eigenvalue weighted by atomic mass is 35.5. The minimum absolute atomic E-state index is 0.122. The van der Waals surface area contributed by atoms with Gasteiger partial charge in [-0.3, -0.25) is 4.99 Å². The Kier molecular flexibility index (Phi) is 7.69. The number of aliphatic hydroxyl groups excluding tert-OH is 1. The van der Waals surface area contributed by atoms with Gasteiger partial charge in [-0.25, -0.2) is 0 Å². The Labute approximate surface area is 144 Å². The molecule has 23 heavy (non-hydrogen) atoms. The van der Waals surface area contributed by atoms with Crippen LogP contribution < -0.4 is 10.6 Å². The van der Waals surface area contributed by atoms with Gasteiger partial charge in [-0.2, -0.15) is 0 Å². The van der Waals surface area contributed by atoms with Crippen molar-refractivity contribution in [3.63, 3.8) is 0 Å². The third-order valence-electron chi connectivity index (χ3n) is 4.21. The fraction of sp³-hybridized carbons (Fsp3) is 0.611. The summed E-state index contributed by atoms with van der Waals surface area (Å²) < 4.78 is 0. The molecule has 128 valence electrons. The molecule has 0 bridgehead atoms. The normalized spacial score (nSPS) is 22.0.